The lowest BCUT2D eigenvalue weighted by atomic mass is 10.0. The second kappa shape index (κ2) is 7.24. The minimum absolute atomic E-state index is 0.673. The van der Waals surface area contributed by atoms with Gasteiger partial charge in [0.25, 0.3) is 0 Å². The van der Waals surface area contributed by atoms with E-state index >= 15 is 0 Å². The van der Waals surface area contributed by atoms with Crippen LogP contribution in [0.25, 0.3) is 0 Å². The highest BCUT2D eigenvalue weighted by Gasteiger charge is 2.28. The summed E-state index contributed by atoms with van der Waals surface area (Å²) < 4.78 is 0. The highest BCUT2D eigenvalue weighted by molar-refractivity contribution is 5.58. The predicted molar refractivity (Wildman–Crippen MR) is 90.6 cm³/mol. The van der Waals surface area contributed by atoms with Gasteiger partial charge in [-0.2, -0.15) is 10.4 Å². The molecule has 0 aromatic carbocycles. The summed E-state index contributed by atoms with van der Waals surface area (Å²) in [5.41, 5.74) is 2.77. The smallest absolute Gasteiger partial charge is 0.169 e. The Balaban J connectivity index is 1.76. The summed E-state index contributed by atoms with van der Waals surface area (Å²) in [6.07, 6.45) is 2.91. The van der Waals surface area contributed by atoms with E-state index in [2.05, 4.69) is 45.2 Å². The van der Waals surface area contributed by atoms with Gasteiger partial charge in [0.05, 0.1) is 5.69 Å². The number of aromatic nitrogens is 2. The molecule has 3 rings (SSSR count). The maximum atomic E-state index is 9.64. The van der Waals surface area contributed by atoms with Crippen molar-refractivity contribution >= 4 is 5.82 Å². The average Bonchev–Trinajstić information content (AvgIpc) is 3.15. The van der Waals surface area contributed by atoms with Gasteiger partial charge in [-0.1, -0.05) is 13.8 Å². The quantitative estimate of drug-likeness (QED) is 0.893. The van der Waals surface area contributed by atoms with Crippen LogP contribution in [0.3, 0.4) is 0 Å². The molecule has 0 amide bonds. The van der Waals surface area contributed by atoms with Crippen molar-refractivity contribution in [2.75, 3.05) is 44.2 Å². The van der Waals surface area contributed by atoms with E-state index in [1.165, 1.54) is 6.42 Å². The molecule has 0 saturated carbocycles. The summed E-state index contributed by atoms with van der Waals surface area (Å²) in [6.45, 7) is 10.3. The maximum absolute atomic E-state index is 9.64. The molecule has 2 aliphatic heterocycles. The molecule has 0 radical (unpaired) electrons. The second-order valence-corrected chi connectivity index (χ2v) is 6.31. The molecule has 0 bridgehead atoms. The van der Waals surface area contributed by atoms with E-state index < -0.39 is 0 Å². The van der Waals surface area contributed by atoms with Crippen molar-refractivity contribution in [2.45, 2.75) is 39.2 Å². The molecule has 6 heteroatoms. The van der Waals surface area contributed by atoms with E-state index in [0.29, 0.717) is 6.04 Å². The fourth-order valence-corrected chi connectivity index (χ4v) is 3.75. The lowest BCUT2D eigenvalue weighted by Gasteiger charge is -2.38. The number of nitrogens with one attached hydrogen (secondary N) is 1. The number of hydrogen-bond donors (Lipinski definition) is 1. The first-order valence-corrected chi connectivity index (χ1v) is 8.76. The van der Waals surface area contributed by atoms with E-state index in [0.717, 1.165) is 74.7 Å². The van der Waals surface area contributed by atoms with E-state index in [4.69, 9.17) is 0 Å². The largest absolute Gasteiger partial charge is 0.351 e. The summed E-state index contributed by atoms with van der Waals surface area (Å²) in [7, 11) is 0. The molecular formula is C17H26N6. The van der Waals surface area contributed by atoms with Crippen LogP contribution in [0, 0.1) is 11.3 Å². The van der Waals surface area contributed by atoms with Crippen LogP contribution in [-0.2, 0) is 12.8 Å². The molecule has 1 atom stereocenters. The Labute approximate surface area is 138 Å². The zero-order valence-corrected chi connectivity index (χ0v) is 14.2. The van der Waals surface area contributed by atoms with Gasteiger partial charge in [-0.3, -0.25) is 4.90 Å². The summed E-state index contributed by atoms with van der Waals surface area (Å²) in [6, 6.07) is 3.06. The second-order valence-electron chi connectivity index (χ2n) is 6.31. The van der Waals surface area contributed by atoms with Gasteiger partial charge in [0.2, 0.25) is 0 Å². The Bertz CT molecular complexity index is 579. The molecule has 0 aliphatic carbocycles. The van der Waals surface area contributed by atoms with Crippen LogP contribution in [0.15, 0.2) is 0 Å². The minimum atomic E-state index is 0.673. The number of piperazine rings is 1. The summed E-state index contributed by atoms with van der Waals surface area (Å²) in [5, 5.41) is 21.9. The maximum Gasteiger partial charge on any atom is 0.169 e. The van der Waals surface area contributed by atoms with Crippen LogP contribution in [-0.4, -0.2) is 60.4 Å². The molecule has 23 heavy (non-hydrogen) atoms. The van der Waals surface area contributed by atoms with Gasteiger partial charge in [-0.15, -0.1) is 5.10 Å². The lowest BCUT2D eigenvalue weighted by molar-refractivity contribution is 0.196. The van der Waals surface area contributed by atoms with Gasteiger partial charge in [-0.25, -0.2) is 0 Å². The lowest BCUT2D eigenvalue weighted by Crippen LogP contribution is -2.51. The Morgan fingerprint density at radius 3 is 2.52 bits per heavy atom. The van der Waals surface area contributed by atoms with Crippen LogP contribution >= 0.6 is 0 Å². The standard InChI is InChI=1S/C17H26N6/c1-3-14-15(11-18)17(21-20-16(14)4-2)23-9-7-22(8-10-23)13-5-6-19-12-13/h13,19H,3-10,12H2,1-2H3. The van der Waals surface area contributed by atoms with Crippen LogP contribution in [0.4, 0.5) is 5.82 Å². The fraction of sp³-hybridized carbons (Fsp3) is 0.706. The predicted octanol–water partition coefficient (Wildman–Crippen LogP) is 0.957. The SMILES string of the molecule is CCc1nnc(N2CCN(C3CCNC3)CC2)c(C#N)c1CC. The average molecular weight is 314 g/mol. The molecule has 1 unspecified atom stereocenters. The summed E-state index contributed by atoms with van der Waals surface area (Å²) >= 11 is 0. The van der Waals surface area contributed by atoms with Gasteiger partial charge in [0.15, 0.2) is 5.82 Å². The van der Waals surface area contributed by atoms with E-state index in [1.807, 2.05) is 0 Å². The van der Waals surface area contributed by atoms with Crippen LogP contribution in [0.1, 0.15) is 37.1 Å². The highest BCUT2D eigenvalue weighted by Crippen LogP contribution is 2.24. The molecule has 2 fully saturated rings. The number of hydrogen-bond acceptors (Lipinski definition) is 6. The van der Waals surface area contributed by atoms with Crippen molar-refractivity contribution in [2.24, 2.45) is 0 Å². The number of nitriles is 1. The Kier molecular flexibility index (Phi) is 5.09. The van der Waals surface area contributed by atoms with Crippen molar-refractivity contribution < 1.29 is 0 Å². The Morgan fingerprint density at radius 1 is 1.17 bits per heavy atom. The van der Waals surface area contributed by atoms with E-state index in [1.54, 1.807) is 0 Å². The topological polar surface area (TPSA) is 68.1 Å². The Morgan fingerprint density at radius 2 is 1.96 bits per heavy atom. The third kappa shape index (κ3) is 3.17. The minimum Gasteiger partial charge on any atom is -0.351 e. The number of nitrogens with zero attached hydrogens (tertiary/aromatic N) is 5. The molecule has 2 aliphatic rings. The molecule has 124 valence electrons. The molecule has 1 aromatic rings. The zero-order chi connectivity index (χ0) is 16.2. The van der Waals surface area contributed by atoms with Gasteiger partial charge < -0.3 is 10.2 Å². The third-order valence-electron chi connectivity index (χ3n) is 5.10. The van der Waals surface area contributed by atoms with Crippen molar-refractivity contribution in [3.63, 3.8) is 0 Å². The fourth-order valence-electron chi connectivity index (χ4n) is 3.75. The van der Waals surface area contributed by atoms with Crippen LogP contribution < -0.4 is 10.2 Å². The normalized spacial score (nSPS) is 22.3. The van der Waals surface area contributed by atoms with Gasteiger partial charge in [-0.05, 0) is 31.4 Å². The van der Waals surface area contributed by atoms with E-state index in [-0.39, 0.29) is 0 Å². The first kappa shape index (κ1) is 16.2. The van der Waals surface area contributed by atoms with E-state index in [9.17, 15) is 5.26 Å². The number of aryl methyl sites for hydroxylation is 1. The highest BCUT2D eigenvalue weighted by atomic mass is 15.3. The van der Waals surface area contributed by atoms with Crippen LogP contribution in [0.5, 0.6) is 0 Å². The number of anilines is 1. The first-order valence-electron chi connectivity index (χ1n) is 8.76. The molecule has 1 N–H and O–H groups in total. The van der Waals surface area contributed by atoms with Gasteiger partial charge in [0.1, 0.15) is 11.6 Å². The van der Waals surface area contributed by atoms with Crippen molar-refractivity contribution in [3.8, 4) is 6.07 Å². The molecule has 2 saturated heterocycles. The third-order valence-corrected chi connectivity index (χ3v) is 5.10. The number of rotatable bonds is 4. The summed E-state index contributed by atoms with van der Waals surface area (Å²) in [4.78, 5) is 4.81. The molecule has 0 spiro atoms. The van der Waals surface area contributed by atoms with Crippen molar-refractivity contribution in [3.05, 3.63) is 16.8 Å². The van der Waals surface area contributed by atoms with Gasteiger partial charge in [0, 0.05) is 38.8 Å². The molecular weight excluding hydrogens is 288 g/mol. The Hall–Kier alpha value is -1.71. The van der Waals surface area contributed by atoms with Crippen molar-refractivity contribution in [1.29, 1.82) is 5.26 Å². The molecule has 6 nitrogen and oxygen atoms in total. The zero-order valence-electron chi connectivity index (χ0n) is 14.2. The van der Waals surface area contributed by atoms with Gasteiger partial charge >= 0.3 is 0 Å². The van der Waals surface area contributed by atoms with Crippen molar-refractivity contribution in [1.82, 2.24) is 20.4 Å². The molecule has 1 aromatic heterocycles. The monoisotopic (exact) mass is 314 g/mol. The first-order chi connectivity index (χ1) is 11.3. The van der Waals surface area contributed by atoms with Crippen LogP contribution in [0.2, 0.25) is 0 Å². The summed E-state index contributed by atoms with van der Waals surface area (Å²) in [5.74, 6) is 0.783. The molecule has 3 heterocycles.